The van der Waals surface area contributed by atoms with E-state index >= 15 is 0 Å². The molecule has 22 heavy (non-hydrogen) atoms. The molecule has 1 atom stereocenters. The number of nitrogens with two attached hydrogens (primary N) is 1. The number of alkyl halides is 3. The van der Waals surface area contributed by atoms with E-state index in [4.69, 9.17) is 10.5 Å². The summed E-state index contributed by atoms with van der Waals surface area (Å²) in [6.07, 6.45) is -3.92. The quantitative estimate of drug-likeness (QED) is 0.919. The zero-order valence-corrected chi connectivity index (χ0v) is 12.4. The van der Waals surface area contributed by atoms with Crippen LogP contribution in [0, 0.1) is 0 Å². The molecule has 0 spiro atoms. The molecule has 0 bridgehead atoms. The molecule has 2 aromatic rings. The van der Waals surface area contributed by atoms with Crippen molar-refractivity contribution in [3.63, 3.8) is 0 Å². The molecule has 1 heterocycles. The van der Waals surface area contributed by atoms with E-state index in [1.165, 1.54) is 7.05 Å². The van der Waals surface area contributed by atoms with E-state index in [2.05, 4.69) is 5.10 Å². The van der Waals surface area contributed by atoms with Gasteiger partial charge in [0.1, 0.15) is 5.75 Å². The molecular weight excluding hydrogens is 295 g/mol. The fourth-order valence-electron chi connectivity index (χ4n) is 2.10. The summed E-state index contributed by atoms with van der Waals surface area (Å²) in [5.74, 6) is 0.521. The maximum atomic E-state index is 13.2. The number of para-hydroxylation sites is 1. The predicted molar refractivity (Wildman–Crippen MR) is 76.7 cm³/mol. The highest BCUT2D eigenvalue weighted by molar-refractivity contribution is 5.38. The van der Waals surface area contributed by atoms with Crippen molar-refractivity contribution in [1.82, 2.24) is 9.78 Å². The summed E-state index contributed by atoms with van der Waals surface area (Å²) in [6, 6.07) is 8.24. The molecule has 2 N–H and O–H groups in total. The second-order valence-electron chi connectivity index (χ2n) is 5.04. The van der Waals surface area contributed by atoms with Crippen molar-refractivity contribution >= 4 is 0 Å². The second kappa shape index (κ2) is 6.39. The summed E-state index contributed by atoms with van der Waals surface area (Å²) in [5.41, 5.74) is 4.88. The monoisotopic (exact) mass is 313 g/mol. The van der Waals surface area contributed by atoms with Crippen LogP contribution in [-0.4, -0.2) is 15.8 Å². The van der Waals surface area contributed by atoms with Crippen molar-refractivity contribution < 1.29 is 17.9 Å². The first-order valence-corrected chi connectivity index (χ1v) is 6.94. The molecule has 0 aliphatic heterocycles. The molecule has 1 unspecified atom stereocenters. The van der Waals surface area contributed by atoms with Gasteiger partial charge in [-0.25, -0.2) is 4.68 Å². The lowest BCUT2D eigenvalue weighted by Crippen LogP contribution is -2.23. The molecule has 1 aromatic heterocycles. The van der Waals surface area contributed by atoms with Gasteiger partial charge in [-0.15, -0.1) is 0 Å². The van der Waals surface area contributed by atoms with Crippen LogP contribution in [0.4, 0.5) is 13.2 Å². The first kappa shape index (κ1) is 16.4. The normalized spacial score (nSPS) is 13.2. The van der Waals surface area contributed by atoms with E-state index < -0.39 is 11.9 Å². The van der Waals surface area contributed by atoms with Crippen LogP contribution in [0.1, 0.15) is 24.6 Å². The van der Waals surface area contributed by atoms with Gasteiger partial charge in [-0.3, -0.25) is 0 Å². The number of aryl methyl sites for hydroxylation is 1. The fraction of sp³-hybridized carbons (Fsp3) is 0.400. The molecule has 4 nitrogen and oxygen atoms in total. The average molecular weight is 313 g/mol. The van der Waals surface area contributed by atoms with E-state index in [1.54, 1.807) is 30.3 Å². The Morgan fingerprint density at radius 3 is 2.45 bits per heavy atom. The fourth-order valence-corrected chi connectivity index (χ4v) is 2.10. The molecule has 0 radical (unpaired) electrons. The molecule has 120 valence electrons. The minimum absolute atomic E-state index is 0.00629. The Kier molecular flexibility index (Phi) is 4.75. The van der Waals surface area contributed by atoms with Gasteiger partial charge in [0.25, 0.3) is 0 Å². The Balaban J connectivity index is 2.45. The Labute approximate surface area is 126 Å². The van der Waals surface area contributed by atoms with E-state index in [9.17, 15) is 13.2 Å². The van der Waals surface area contributed by atoms with Gasteiger partial charge in [0.15, 0.2) is 5.69 Å². The van der Waals surface area contributed by atoms with Crippen LogP contribution >= 0.6 is 0 Å². The third-order valence-corrected chi connectivity index (χ3v) is 3.30. The summed E-state index contributed by atoms with van der Waals surface area (Å²) in [5, 5.41) is 3.58. The number of nitrogens with zero attached hydrogens (tertiary/aromatic N) is 2. The Morgan fingerprint density at radius 1 is 1.27 bits per heavy atom. The summed E-state index contributed by atoms with van der Waals surface area (Å²) in [6.45, 7) is 1.83. The Hall–Kier alpha value is -2.02. The zero-order valence-electron chi connectivity index (χ0n) is 12.4. The second-order valence-corrected chi connectivity index (χ2v) is 5.04. The lowest BCUT2D eigenvalue weighted by atomic mass is 10.0. The summed E-state index contributed by atoms with van der Waals surface area (Å²) in [7, 11) is 1.43. The highest BCUT2D eigenvalue weighted by atomic mass is 19.4. The molecule has 0 fully saturated rings. The maximum absolute atomic E-state index is 13.2. The van der Waals surface area contributed by atoms with Crippen LogP contribution in [0.5, 0.6) is 11.6 Å². The lowest BCUT2D eigenvalue weighted by Gasteiger charge is -2.13. The first-order chi connectivity index (χ1) is 10.3. The number of benzene rings is 1. The van der Waals surface area contributed by atoms with Crippen molar-refractivity contribution in [3.05, 3.63) is 41.6 Å². The van der Waals surface area contributed by atoms with E-state index in [0.29, 0.717) is 12.2 Å². The zero-order chi connectivity index (χ0) is 16.3. The van der Waals surface area contributed by atoms with Gasteiger partial charge >= 0.3 is 6.18 Å². The largest absolute Gasteiger partial charge is 0.439 e. The van der Waals surface area contributed by atoms with Crippen LogP contribution < -0.4 is 10.5 Å². The van der Waals surface area contributed by atoms with Gasteiger partial charge in [0, 0.05) is 18.7 Å². The summed E-state index contributed by atoms with van der Waals surface area (Å²) in [4.78, 5) is 0. The number of hydrogen-bond donors (Lipinski definition) is 1. The number of rotatable bonds is 5. The highest BCUT2D eigenvalue weighted by Gasteiger charge is 2.39. The molecule has 2 rings (SSSR count). The Bertz CT molecular complexity index is 623. The van der Waals surface area contributed by atoms with E-state index in [1.807, 2.05) is 6.92 Å². The van der Waals surface area contributed by atoms with Crippen LogP contribution in [0.25, 0.3) is 0 Å². The third-order valence-electron chi connectivity index (χ3n) is 3.30. The maximum Gasteiger partial charge on any atom is 0.435 e. The van der Waals surface area contributed by atoms with Crippen LogP contribution in [0.15, 0.2) is 30.3 Å². The molecule has 1 aromatic carbocycles. The molecule has 7 heteroatoms. The topological polar surface area (TPSA) is 53.1 Å². The van der Waals surface area contributed by atoms with Crippen LogP contribution in [0.3, 0.4) is 0 Å². The van der Waals surface area contributed by atoms with Gasteiger partial charge < -0.3 is 10.5 Å². The van der Waals surface area contributed by atoms with Crippen LogP contribution in [-0.2, 0) is 19.6 Å². The number of hydrogen-bond acceptors (Lipinski definition) is 3. The van der Waals surface area contributed by atoms with Gasteiger partial charge in [-0.1, -0.05) is 25.1 Å². The Morgan fingerprint density at radius 2 is 1.91 bits per heavy atom. The van der Waals surface area contributed by atoms with Crippen molar-refractivity contribution in [1.29, 1.82) is 0 Å². The predicted octanol–water partition coefficient (Wildman–Crippen LogP) is 3.51. The minimum Gasteiger partial charge on any atom is -0.439 e. The third kappa shape index (κ3) is 3.59. The number of halogens is 3. The number of aromatic nitrogens is 2. The molecule has 0 aliphatic rings. The molecule has 0 saturated carbocycles. The van der Waals surface area contributed by atoms with Crippen molar-refractivity contribution in [2.24, 2.45) is 12.8 Å². The smallest absolute Gasteiger partial charge is 0.435 e. The van der Waals surface area contributed by atoms with Crippen molar-refractivity contribution in [2.75, 3.05) is 0 Å². The summed E-state index contributed by atoms with van der Waals surface area (Å²) >= 11 is 0. The molecule has 0 aliphatic carbocycles. The van der Waals surface area contributed by atoms with Gasteiger partial charge in [0.2, 0.25) is 5.88 Å². The molecule has 0 saturated heterocycles. The average Bonchev–Trinajstić information content (AvgIpc) is 2.77. The highest BCUT2D eigenvalue weighted by Crippen LogP contribution is 2.37. The summed E-state index contributed by atoms with van der Waals surface area (Å²) < 4.78 is 46.2. The SMILES string of the molecule is CCC(N)Cc1c(C(F)(F)F)nn(C)c1Oc1ccccc1. The lowest BCUT2D eigenvalue weighted by molar-refractivity contribution is -0.142. The van der Waals surface area contributed by atoms with E-state index in [-0.39, 0.29) is 23.9 Å². The van der Waals surface area contributed by atoms with Crippen LogP contribution in [0.2, 0.25) is 0 Å². The standard InChI is InChI=1S/C15H18F3N3O/c1-3-10(19)9-12-13(15(16,17)18)20-21(2)14(12)22-11-7-5-4-6-8-11/h4-8,10H,3,9,19H2,1-2H3. The van der Waals surface area contributed by atoms with Gasteiger partial charge in [0.05, 0.1) is 0 Å². The first-order valence-electron chi connectivity index (χ1n) is 6.94. The van der Waals surface area contributed by atoms with Crippen molar-refractivity contribution in [2.45, 2.75) is 32.0 Å². The van der Waals surface area contributed by atoms with Crippen molar-refractivity contribution in [3.8, 4) is 11.6 Å². The molecule has 0 amide bonds. The van der Waals surface area contributed by atoms with Gasteiger partial charge in [-0.2, -0.15) is 18.3 Å². The van der Waals surface area contributed by atoms with Gasteiger partial charge in [-0.05, 0) is 25.0 Å². The minimum atomic E-state index is -4.54. The number of ether oxygens (including phenoxy) is 1. The van der Waals surface area contributed by atoms with E-state index in [0.717, 1.165) is 4.68 Å². The molecular formula is C15H18F3N3O.